The summed E-state index contributed by atoms with van der Waals surface area (Å²) < 4.78 is 2.04. The molecule has 0 saturated heterocycles. The maximum Gasteiger partial charge on any atom is 0.221 e. The molecule has 4 rings (SSSR count). The Morgan fingerprint density at radius 3 is 2.89 bits per heavy atom. The molecule has 0 fully saturated rings. The highest BCUT2D eigenvalue weighted by Gasteiger charge is 2.15. The molecule has 0 spiro atoms. The van der Waals surface area contributed by atoms with E-state index in [-0.39, 0.29) is 5.91 Å². The van der Waals surface area contributed by atoms with E-state index in [4.69, 9.17) is 0 Å². The van der Waals surface area contributed by atoms with E-state index in [0.29, 0.717) is 13.0 Å². The lowest BCUT2D eigenvalue weighted by molar-refractivity contribution is -0.121. The Morgan fingerprint density at radius 1 is 1.07 bits per heavy atom. The molecule has 1 amide bonds. The number of fused-ring (bicyclic) bond motifs is 2. The lowest BCUT2D eigenvalue weighted by Gasteiger charge is -2.31. The topological polar surface area (TPSA) is 50.2 Å². The first-order valence-electron chi connectivity index (χ1n) is 9.81. The van der Waals surface area contributed by atoms with Gasteiger partial charge in [0, 0.05) is 38.3 Å². The molecule has 1 aromatic heterocycles. The second-order valence-electron chi connectivity index (χ2n) is 7.10. The number of hydrogen-bond donors (Lipinski definition) is 1. The number of aryl methyl sites for hydroxylation is 2. The molecular weight excluding hydrogens is 336 g/mol. The van der Waals surface area contributed by atoms with Gasteiger partial charge in [-0.15, -0.1) is 0 Å². The Hall–Kier alpha value is -2.82. The van der Waals surface area contributed by atoms with E-state index in [1.54, 1.807) is 0 Å². The van der Waals surface area contributed by atoms with Crippen molar-refractivity contribution in [3.8, 4) is 0 Å². The summed E-state index contributed by atoms with van der Waals surface area (Å²) in [6.45, 7) is 3.48. The first kappa shape index (κ1) is 17.6. The van der Waals surface area contributed by atoms with E-state index in [0.717, 1.165) is 37.1 Å². The highest BCUT2D eigenvalue weighted by molar-refractivity contribution is 5.77. The number of hydrogen-bond acceptors (Lipinski definition) is 3. The summed E-state index contributed by atoms with van der Waals surface area (Å²) in [5, 5.41) is 3.06. The Kier molecular flexibility index (Phi) is 5.37. The Morgan fingerprint density at radius 2 is 1.93 bits per heavy atom. The van der Waals surface area contributed by atoms with Crippen LogP contribution in [0.1, 0.15) is 24.8 Å². The number of nitrogens with one attached hydrogen (secondary N) is 1. The van der Waals surface area contributed by atoms with Gasteiger partial charge in [-0.3, -0.25) is 4.79 Å². The van der Waals surface area contributed by atoms with Gasteiger partial charge in [0.25, 0.3) is 0 Å². The average Bonchev–Trinajstić information content (AvgIpc) is 3.13. The molecule has 0 bridgehead atoms. The Bertz CT molecular complexity index is 917. The molecule has 0 radical (unpaired) electrons. The van der Waals surface area contributed by atoms with Gasteiger partial charge in [0.1, 0.15) is 0 Å². The molecule has 5 nitrogen and oxygen atoms in total. The minimum Gasteiger partial charge on any atom is -0.371 e. The average molecular weight is 362 g/mol. The number of para-hydroxylation sites is 3. The molecule has 27 heavy (non-hydrogen) atoms. The molecule has 1 aliphatic heterocycles. The molecule has 2 heterocycles. The normalized spacial score (nSPS) is 13.6. The van der Waals surface area contributed by atoms with Crippen molar-refractivity contribution in [2.45, 2.75) is 32.2 Å². The largest absolute Gasteiger partial charge is 0.371 e. The fraction of sp³-hybridized carbons (Fsp3) is 0.364. The predicted molar refractivity (Wildman–Crippen MR) is 109 cm³/mol. The summed E-state index contributed by atoms with van der Waals surface area (Å²) in [6, 6.07) is 16.7. The van der Waals surface area contributed by atoms with Crippen molar-refractivity contribution >= 4 is 22.6 Å². The highest BCUT2D eigenvalue weighted by Crippen LogP contribution is 2.26. The summed E-state index contributed by atoms with van der Waals surface area (Å²) in [4.78, 5) is 19.0. The molecule has 5 heteroatoms. The molecule has 0 atom stereocenters. The maximum absolute atomic E-state index is 12.2. The van der Waals surface area contributed by atoms with Crippen molar-refractivity contribution in [3.05, 3.63) is 60.4 Å². The smallest absolute Gasteiger partial charge is 0.221 e. The standard InChI is InChI=1S/C22H26N4O/c27-22(12-16-26-17-24-19-9-2-4-11-21(19)26)23-13-6-15-25-14-5-8-18-7-1-3-10-20(18)25/h1-4,7,9-11,17H,5-6,8,12-16H2,(H,23,27). The molecule has 3 aromatic rings. The van der Waals surface area contributed by atoms with E-state index in [2.05, 4.69) is 39.5 Å². The minimum absolute atomic E-state index is 0.104. The van der Waals surface area contributed by atoms with Gasteiger partial charge in [0.2, 0.25) is 5.91 Å². The van der Waals surface area contributed by atoms with E-state index >= 15 is 0 Å². The van der Waals surface area contributed by atoms with Gasteiger partial charge >= 0.3 is 0 Å². The predicted octanol–water partition coefficient (Wildman–Crippen LogP) is 3.39. The van der Waals surface area contributed by atoms with Crippen molar-refractivity contribution < 1.29 is 4.79 Å². The summed E-state index contributed by atoms with van der Waals surface area (Å²) >= 11 is 0. The molecular formula is C22H26N4O. The van der Waals surface area contributed by atoms with Gasteiger partial charge in [-0.1, -0.05) is 30.3 Å². The van der Waals surface area contributed by atoms with E-state index in [1.807, 2.05) is 35.2 Å². The van der Waals surface area contributed by atoms with Crippen LogP contribution in [0.25, 0.3) is 11.0 Å². The number of amides is 1. The fourth-order valence-electron chi connectivity index (χ4n) is 3.84. The van der Waals surface area contributed by atoms with Crippen molar-refractivity contribution in [2.75, 3.05) is 24.5 Å². The van der Waals surface area contributed by atoms with Crippen LogP contribution in [0, 0.1) is 0 Å². The maximum atomic E-state index is 12.2. The van der Waals surface area contributed by atoms with Crippen LogP contribution in [0.3, 0.4) is 0 Å². The highest BCUT2D eigenvalue weighted by atomic mass is 16.1. The quantitative estimate of drug-likeness (QED) is 0.656. The monoisotopic (exact) mass is 362 g/mol. The van der Waals surface area contributed by atoms with E-state index in [1.165, 1.54) is 24.1 Å². The number of benzene rings is 2. The van der Waals surface area contributed by atoms with Gasteiger partial charge in [-0.05, 0) is 43.0 Å². The molecule has 1 aliphatic rings. The second-order valence-corrected chi connectivity index (χ2v) is 7.10. The van der Waals surface area contributed by atoms with Crippen molar-refractivity contribution in [3.63, 3.8) is 0 Å². The fourth-order valence-corrected chi connectivity index (χ4v) is 3.84. The van der Waals surface area contributed by atoms with Gasteiger partial charge in [-0.25, -0.2) is 4.98 Å². The lowest BCUT2D eigenvalue weighted by atomic mass is 10.0. The van der Waals surface area contributed by atoms with Gasteiger partial charge < -0.3 is 14.8 Å². The van der Waals surface area contributed by atoms with Crippen molar-refractivity contribution in [2.24, 2.45) is 0 Å². The van der Waals surface area contributed by atoms with E-state index < -0.39 is 0 Å². The zero-order valence-corrected chi connectivity index (χ0v) is 15.6. The first-order valence-corrected chi connectivity index (χ1v) is 9.81. The summed E-state index contributed by atoms with van der Waals surface area (Å²) in [5.74, 6) is 0.104. The van der Waals surface area contributed by atoms with Crippen molar-refractivity contribution in [1.29, 1.82) is 0 Å². The number of carbonyl (C=O) groups excluding carboxylic acids is 1. The third-order valence-corrected chi connectivity index (χ3v) is 5.24. The van der Waals surface area contributed by atoms with Gasteiger partial charge in [-0.2, -0.15) is 0 Å². The molecule has 2 aromatic carbocycles. The van der Waals surface area contributed by atoms with Crippen LogP contribution in [-0.2, 0) is 17.8 Å². The van der Waals surface area contributed by atoms with Gasteiger partial charge in [0.05, 0.1) is 17.4 Å². The second kappa shape index (κ2) is 8.25. The molecule has 0 unspecified atom stereocenters. The third-order valence-electron chi connectivity index (χ3n) is 5.24. The van der Waals surface area contributed by atoms with Crippen LogP contribution < -0.4 is 10.2 Å². The molecule has 140 valence electrons. The minimum atomic E-state index is 0.104. The van der Waals surface area contributed by atoms with Crippen LogP contribution in [0.2, 0.25) is 0 Å². The zero-order chi connectivity index (χ0) is 18.5. The van der Waals surface area contributed by atoms with Crippen LogP contribution in [0.15, 0.2) is 54.9 Å². The van der Waals surface area contributed by atoms with Gasteiger partial charge in [0.15, 0.2) is 0 Å². The molecule has 0 saturated carbocycles. The summed E-state index contributed by atoms with van der Waals surface area (Å²) in [7, 11) is 0. The molecule has 0 aliphatic carbocycles. The van der Waals surface area contributed by atoms with Crippen molar-refractivity contribution in [1.82, 2.24) is 14.9 Å². The number of rotatable bonds is 7. The van der Waals surface area contributed by atoms with Crippen LogP contribution >= 0.6 is 0 Å². The summed E-state index contributed by atoms with van der Waals surface area (Å²) in [6.07, 6.45) is 5.64. The number of nitrogens with zero attached hydrogens (tertiary/aromatic N) is 3. The zero-order valence-electron chi connectivity index (χ0n) is 15.6. The summed E-state index contributed by atoms with van der Waals surface area (Å²) in [5.41, 5.74) is 4.86. The number of aromatic nitrogens is 2. The Balaban J connectivity index is 1.20. The number of carbonyl (C=O) groups is 1. The number of anilines is 1. The lowest BCUT2D eigenvalue weighted by Crippen LogP contribution is -2.33. The third kappa shape index (κ3) is 4.13. The SMILES string of the molecule is O=C(CCn1cnc2ccccc21)NCCCN1CCCc2ccccc21. The van der Waals surface area contributed by atoms with Crippen LogP contribution in [0.5, 0.6) is 0 Å². The molecule has 1 N–H and O–H groups in total. The Labute approximate surface area is 160 Å². The first-order chi connectivity index (χ1) is 13.3. The van der Waals surface area contributed by atoms with Crippen LogP contribution in [0.4, 0.5) is 5.69 Å². The van der Waals surface area contributed by atoms with E-state index in [9.17, 15) is 4.79 Å². The number of imidazole rings is 1. The van der Waals surface area contributed by atoms with Crippen LogP contribution in [-0.4, -0.2) is 35.1 Å².